The van der Waals surface area contributed by atoms with Crippen LogP contribution in [0, 0.1) is 11.6 Å². The van der Waals surface area contributed by atoms with Gasteiger partial charge in [0.25, 0.3) is 0 Å². The van der Waals surface area contributed by atoms with E-state index in [-0.39, 0.29) is 0 Å². The zero-order valence-corrected chi connectivity index (χ0v) is 15.8. The number of aromatic nitrogens is 1. The molecule has 0 spiro atoms. The molecule has 1 atom stereocenters. The van der Waals surface area contributed by atoms with E-state index in [0.717, 1.165) is 17.7 Å². The number of para-hydroxylation sites is 1. The van der Waals surface area contributed by atoms with Gasteiger partial charge in [0.15, 0.2) is 0 Å². The number of halogens is 3. The molecule has 3 aromatic rings. The van der Waals surface area contributed by atoms with Gasteiger partial charge in [-0.25, -0.2) is 13.8 Å². The largest absolute Gasteiger partial charge is 0.444 e. The number of nitrogens with zero attached hydrogens (tertiary/aromatic N) is 1. The maximum Gasteiger partial charge on any atom is 0.237 e. The number of thioether (sulfide) groups is 1. The molecule has 0 unspecified atom stereocenters. The topological polar surface area (TPSA) is 55.1 Å². The molecule has 0 aliphatic rings. The van der Waals surface area contributed by atoms with Gasteiger partial charge in [0.05, 0.1) is 10.9 Å². The molecule has 2 aromatic carbocycles. The van der Waals surface area contributed by atoms with Crippen molar-refractivity contribution in [1.29, 1.82) is 0 Å². The van der Waals surface area contributed by atoms with Crippen molar-refractivity contribution >= 4 is 35.0 Å². The Labute approximate surface area is 163 Å². The van der Waals surface area contributed by atoms with Crippen molar-refractivity contribution in [3.05, 3.63) is 71.1 Å². The molecule has 0 bridgehead atoms. The molecule has 0 fully saturated rings. The van der Waals surface area contributed by atoms with Crippen LogP contribution in [0.5, 0.6) is 0 Å². The van der Waals surface area contributed by atoms with Crippen LogP contribution in [0.15, 0.2) is 53.1 Å². The lowest BCUT2D eigenvalue weighted by molar-refractivity contribution is -0.115. The van der Waals surface area contributed by atoms with Gasteiger partial charge in [0.2, 0.25) is 11.8 Å². The Morgan fingerprint density at radius 2 is 1.89 bits per heavy atom. The highest BCUT2D eigenvalue weighted by atomic mass is 35.5. The number of rotatable bonds is 6. The molecule has 1 heterocycles. The number of anilines is 1. The normalized spacial score (nSPS) is 12.0. The molecular formula is C19H15ClF2N2O2S. The second kappa shape index (κ2) is 8.54. The van der Waals surface area contributed by atoms with Gasteiger partial charge in [-0.3, -0.25) is 4.79 Å². The molecule has 140 valence electrons. The zero-order chi connectivity index (χ0) is 19.4. The molecule has 3 rings (SSSR count). The highest BCUT2D eigenvalue weighted by molar-refractivity contribution is 7.99. The summed E-state index contributed by atoms with van der Waals surface area (Å²) in [6.07, 6.45) is 1.51. The number of oxazole rings is 1. The Bertz CT molecular complexity index is 927. The van der Waals surface area contributed by atoms with E-state index in [1.54, 1.807) is 31.2 Å². The minimum absolute atomic E-state index is 0.408. The molecule has 0 aliphatic carbocycles. The molecule has 0 radical (unpaired) electrons. The smallest absolute Gasteiger partial charge is 0.237 e. The highest BCUT2D eigenvalue weighted by Crippen LogP contribution is 2.25. The molecule has 4 nitrogen and oxygen atoms in total. The number of hydrogen-bond donors (Lipinski definition) is 1. The highest BCUT2D eigenvalue weighted by Gasteiger charge is 2.18. The summed E-state index contributed by atoms with van der Waals surface area (Å²) in [5, 5.41) is 2.36. The van der Waals surface area contributed by atoms with Crippen LogP contribution in [-0.4, -0.2) is 16.1 Å². The average molecular weight is 409 g/mol. The van der Waals surface area contributed by atoms with Gasteiger partial charge in [-0.1, -0.05) is 17.7 Å². The van der Waals surface area contributed by atoms with E-state index >= 15 is 0 Å². The first-order valence-corrected chi connectivity index (χ1v) is 9.43. The molecule has 8 heteroatoms. The van der Waals surface area contributed by atoms with Crippen molar-refractivity contribution in [2.75, 3.05) is 5.32 Å². The van der Waals surface area contributed by atoms with Gasteiger partial charge in [-0.15, -0.1) is 11.8 Å². The summed E-state index contributed by atoms with van der Waals surface area (Å²) in [6, 6.07) is 10.5. The van der Waals surface area contributed by atoms with Crippen molar-refractivity contribution in [3.63, 3.8) is 0 Å². The van der Waals surface area contributed by atoms with Crippen LogP contribution in [0.4, 0.5) is 14.5 Å². The van der Waals surface area contributed by atoms with E-state index < -0.39 is 28.5 Å². The van der Waals surface area contributed by atoms with E-state index in [9.17, 15) is 13.6 Å². The molecule has 0 aliphatic heterocycles. The minimum atomic E-state index is -0.815. The molecule has 1 N–H and O–H groups in total. The lowest BCUT2D eigenvalue weighted by Crippen LogP contribution is -2.23. The average Bonchev–Trinajstić information content (AvgIpc) is 3.12. The van der Waals surface area contributed by atoms with Crippen LogP contribution in [0.25, 0.3) is 11.5 Å². The van der Waals surface area contributed by atoms with Crippen LogP contribution in [0.1, 0.15) is 12.6 Å². The third-order valence-corrected chi connectivity index (χ3v) is 5.13. The quantitative estimate of drug-likeness (QED) is 0.582. The van der Waals surface area contributed by atoms with E-state index in [1.807, 2.05) is 0 Å². The number of carbonyl (C=O) groups excluding carboxylic acids is 1. The fourth-order valence-electron chi connectivity index (χ4n) is 2.23. The van der Waals surface area contributed by atoms with Gasteiger partial charge >= 0.3 is 0 Å². The molecule has 0 saturated heterocycles. The van der Waals surface area contributed by atoms with Gasteiger partial charge in [0, 0.05) is 16.3 Å². The lowest BCUT2D eigenvalue weighted by atomic mass is 10.2. The van der Waals surface area contributed by atoms with Gasteiger partial charge in [-0.2, -0.15) is 0 Å². The minimum Gasteiger partial charge on any atom is -0.444 e. The van der Waals surface area contributed by atoms with Gasteiger partial charge in [-0.05, 0) is 43.3 Å². The van der Waals surface area contributed by atoms with Gasteiger partial charge in [0.1, 0.15) is 23.6 Å². The van der Waals surface area contributed by atoms with Crippen LogP contribution < -0.4 is 5.32 Å². The first-order chi connectivity index (χ1) is 12.9. The Kier molecular flexibility index (Phi) is 6.13. The fourth-order valence-corrected chi connectivity index (χ4v) is 3.12. The summed E-state index contributed by atoms with van der Waals surface area (Å²) in [6.45, 7) is 1.65. The monoisotopic (exact) mass is 408 g/mol. The third-order valence-electron chi connectivity index (χ3n) is 3.70. The second-order valence-corrected chi connectivity index (χ2v) is 7.46. The Balaban J connectivity index is 1.58. The number of amides is 1. The molecule has 1 amide bonds. The summed E-state index contributed by atoms with van der Waals surface area (Å²) < 4.78 is 32.7. The Hall–Kier alpha value is -2.38. The summed E-state index contributed by atoms with van der Waals surface area (Å²) in [5.41, 5.74) is 1.000. The number of benzene rings is 2. The Morgan fingerprint density at radius 3 is 2.56 bits per heavy atom. The summed E-state index contributed by atoms with van der Waals surface area (Å²) in [7, 11) is 0. The van der Waals surface area contributed by atoms with E-state index in [4.69, 9.17) is 16.0 Å². The molecular weight excluding hydrogens is 394 g/mol. The van der Waals surface area contributed by atoms with Crippen LogP contribution in [0.3, 0.4) is 0 Å². The number of nitrogens with one attached hydrogen (secondary N) is 1. The van der Waals surface area contributed by atoms with Crippen LogP contribution >= 0.6 is 23.4 Å². The molecule has 1 aromatic heterocycles. The molecule has 0 saturated carbocycles. The van der Waals surface area contributed by atoms with Gasteiger partial charge < -0.3 is 9.73 Å². The van der Waals surface area contributed by atoms with Crippen molar-refractivity contribution in [2.24, 2.45) is 0 Å². The summed E-state index contributed by atoms with van der Waals surface area (Å²) in [4.78, 5) is 16.5. The predicted molar refractivity (Wildman–Crippen MR) is 103 cm³/mol. The van der Waals surface area contributed by atoms with E-state index in [0.29, 0.717) is 22.4 Å². The second-order valence-electron chi connectivity index (χ2n) is 5.69. The van der Waals surface area contributed by atoms with Crippen molar-refractivity contribution in [2.45, 2.75) is 17.9 Å². The van der Waals surface area contributed by atoms with Crippen molar-refractivity contribution in [3.8, 4) is 11.5 Å². The third kappa shape index (κ3) is 4.87. The standard InChI is InChI=1S/C19H15ClF2N2O2S/c1-11(18(25)24-17-15(21)3-2-4-16(17)22)27-10-14-9-26-19(23-14)12-5-7-13(20)8-6-12/h2-9,11H,10H2,1H3,(H,24,25)/t11-/m1/s1. The summed E-state index contributed by atoms with van der Waals surface area (Å²) >= 11 is 7.14. The lowest BCUT2D eigenvalue weighted by Gasteiger charge is -2.12. The van der Waals surface area contributed by atoms with Crippen LogP contribution in [-0.2, 0) is 10.5 Å². The first-order valence-electron chi connectivity index (χ1n) is 8.01. The SMILES string of the molecule is C[C@@H](SCc1coc(-c2ccc(Cl)cc2)n1)C(=O)Nc1c(F)cccc1F. The zero-order valence-electron chi connectivity index (χ0n) is 14.2. The summed E-state index contributed by atoms with van der Waals surface area (Å²) in [5.74, 6) is -1.27. The fraction of sp³-hybridized carbons (Fsp3) is 0.158. The number of hydrogen-bond acceptors (Lipinski definition) is 4. The first kappa shape index (κ1) is 19.4. The van der Waals surface area contributed by atoms with Crippen LogP contribution in [0.2, 0.25) is 5.02 Å². The number of carbonyl (C=O) groups is 1. The molecule has 27 heavy (non-hydrogen) atoms. The maximum atomic E-state index is 13.6. The Morgan fingerprint density at radius 1 is 1.22 bits per heavy atom. The van der Waals surface area contributed by atoms with E-state index in [1.165, 1.54) is 24.1 Å². The maximum absolute atomic E-state index is 13.6. The van der Waals surface area contributed by atoms with Crippen molar-refractivity contribution < 1.29 is 18.0 Å². The van der Waals surface area contributed by atoms with E-state index in [2.05, 4.69) is 10.3 Å². The predicted octanol–water partition coefficient (Wildman–Crippen LogP) is 5.53. The van der Waals surface area contributed by atoms with Crippen molar-refractivity contribution in [1.82, 2.24) is 4.98 Å².